The Kier molecular flexibility index (Phi) is 3.89. The van der Waals surface area contributed by atoms with Gasteiger partial charge in [-0.3, -0.25) is 4.90 Å². The molecule has 2 rings (SSSR count). The zero-order chi connectivity index (χ0) is 12.3. The lowest BCUT2D eigenvalue weighted by Gasteiger charge is -2.35. The minimum absolute atomic E-state index is 0.258. The molecule has 5 heteroatoms. The molecule has 0 radical (unpaired) electrons. The molecule has 0 unspecified atom stereocenters. The van der Waals surface area contributed by atoms with Gasteiger partial charge in [0.2, 0.25) is 0 Å². The van der Waals surface area contributed by atoms with Crippen LogP contribution in [0.5, 0.6) is 0 Å². The number of rotatable bonds is 3. The number of hydrogen-bond donors (Lipinski definition) is 0. The first-order valence-corrected chi connectivity index (χ1v) is 6.04. The Morgan fingerprint density at radius 1 is 1.18 bits per heavy atom. The molecule has 1 aliphatic heterocycles. The lowest BCUT2D eigenvalue weighted by Crippen LogP contribution is -2.47. The van der Waals surface area contributed by atoms with Gasteiger partial charge in [-0.25, -0.2) is 14.4 Å². The van der Waals surface area contributed by atoms with Crippen molar-refractivity contribution in [2.45, 2.75) is 13.8 Å². The molecule has 0 saturated carbocycles. The van der Waals surface area contributed by atoms with E-state index in [0.717, 1.165) is 43.5 Å². The van der Waals surface area contributed by atoms with Gasteiger partial charge in [-0.05, 0) is 13.8 Å². The number of nitrogens with zero attached hydrogens (tertiary/aromatic N) is 4. The predicted molar refractivity (Wildman–Crippen MR) is 66.1 cm³/mol. The minimum Gasteiger partial charge on any atom is -0.354 e. The molecule has 0 amide bonds. The van der Waals surface area contributed by atoms with E-state index in [2.05, 4.69) is 19.8 Å². The second-order valence-electron chi connectivity index (χ2n) is 4.43. The summed E-state index contributed by atoms with van der Waals surface area (Å²) in [6.45, 7) is 7.83. The van der Waals surface area contributed by atoms with Gasteiger partial charge in [0.15, 0.2) is 0 Å². The first-order valence-electron chi connectivity index (χ1n) is 6.04. The van der Waals surface area contributed by atoms with Crippen LogP contribution >= 0.6 is 0 Å². The second kappa shape index (κ2) is 5.40. The van der Waals surface area contributed by atoms with Gasteiger partial charge in [-0.15, -0.1) is 0 Å². The highest BCUT2D eigenvalue weighted by Crippen LogP contribution is 2.14. The lowest BCUT2D eigenvalue weighted by molar-refractivity contribution is 0.235. The molecule has 1 aliphatic rings. The summed E-state index contributed by atoms with van der Waals surface area (Å²) in [5, 5.41) is 0. The van der Waals surface area contributed by atoms with Crippen LogP contribution in [0.2, 0.25) is 0 Å². The van der Waals surface area contributed by atoms with Crippen LogP contribution in [0.3, 0.4) is 0 Å². The third kappa shape index (κ3) is 3.12. The summed E-state index contributed by atoms with van der Waals surface area (Å²) < 4.78 is 12.2. The summed E-state index contributed by atoms with van der Waals surface area (Å²) in [6, 6.07) is 2.01. The SMILES string of the molecule is Cc1cc(N2CCN(CC[18F])CC2)nc(C)n1. The van der Waals surface area contributed by atoms with E-state index < -0.39 is 0 Å². The van der Waals surface area contributed by atoms with Crippen LogP contribution in [0.15, 0.2) is 6.07 Å². The van der Waals surface area contributed by atoms with Gasteiger partial charge < -0.3 is 4.90 Å². The Morgan fingerprint density at radius 2 is 1.88 bits per heavy atom. The van der Waals surface area contributed by atoms with Crippen LogP contribution in [0, 0.1) is 13.8 Å². The third-order valence-corrected chi connectivity index (χ3v) is 3.05. The monoisotopic (exact) mass is 237 g/mol. The number of hydrogen-bond acceptors (Lipinski definition) is 4. The van der Waals surface area contributed by atoms with Crippen LogP contribution in [0.25, 0.3) is 0 Å². The van der Waals surface area contributed by atoms with Crippen molar-refractivity contribution in [1.29, 1.82) is 0 Å². The molecular weight excluding hydrogens is 218 g/mol. The maximum Gasteiger partial charge on any atom is 0.132 e. The molecule has 0 spiro atoms. The first kappa shape index (κ1) is 12.2. The quantitative estimate of drug-likeness (QED) is 0.790. The first-order chi connectivity index (χ1) is 8.19. The number of anilines is 1. The predicted octanol–water partition coefficient (Wildman–Crippen LogP) is 1.18. The smallest absolute Gasteiger partial charge is 0.132 e. The molecule has 4 nitrogen and oxygen atoms in total. The number of halogens is 1. The molecule has 17 heavy (non-hydrogen) atoms. The molecule has 1 aromatic rings. The maximum atomic E-state index is 12.2. The van der Waals surface area contributed by atoms with Gasteiger partial charge in [0.25, 0.3) is 0 Å². The molecule has 0 atom stereocenters. The van der Waals surface area contributed by atoms with Crippen molar-refractivity contribution in [3.05, 3.63) is 17.6 Å². The fourth-order valence-electron chi connectivity index (χ4n) is 2.18. The summed E-state index contributed by atoms with van der Waals surface area (Å²) in [5.74, 6) is 1.81. The van der Waals surface area contributed by atoms with Crippen molar-refractivity contribution < 1.29 is 4.39 Å². The normalized spacial score (nSPS) is 17.5. The lowest BCUT2D eigenvalue weighted by atomic mass is 10.3. The highest BCUT2D eigenvalue weighted by molar-refractivity contribution is 5.40. The van der Waals surface area contributed by atoms with Gasteiger partial charge in [0, 0.05) is 44.5 Å². The average Bonchev–Trinajstić information content (AvgIpc) is 2.29. The largest absolute Gasteiger partial charge is 0.354 e. The van der Waals surface area contributed by atoms with Gasteiger partial charge in [-0.1, -0.05) is 0 Å². The highest BCUT2D eigenvalue weighted by Gasteiger charge is 2.18. The summed E-state index contributed by atoms with van der Waals surface area (Å²) in [7, 11) is 0. The molecule has 1 saturated heterocycles. The summed E-state index contributed by atoms with van der Waals surface area (Å²) in [4.78, 5) is 13.1. The van der Waals surface area contributed by atoms with E-state index in [1.54, 1.807) is 0 Å². The molecule has 0 N–H and O–H groups in total. The highest BCUT2D eigenvalue weighted by atomic mass is 18.2. The van der Waals surface area contributed by atoms with E-state index in [1.165, 1.54) is 0 Å². The Bertz CT molecular complexity index is 355. The van der Waals surface area contributed by atoms with E-state index in [1.807, 2.05) is 19.9 Å². The van der Waals surface area contributed by atoms with E-state index in [4.69, 9.17) is 0 Å². The average molecular weight is 237 g/mol. The van der Waals surface area contributed by atoms with Gasteiger partial charge in [0.05, 0.1) is 0 Å². The van der Waals surface area contributed by atoms with Crippen molar-refractivity contribution in [3.8, 4) is 0 Å². The van der Waals surface area contributed by atoms with Crippen LogP contribution in [-0.4, -0.2) is 54.3 Å². The third-order valence-electron chi connectivity index (χ3n) is 3.05. The Hall–Kier alpha value is -1.23. The van der Waals surface area contributed by atoms with Gasteiger partial charge in [0.1, 0.15) is 18.3 Å². The van der Waals surface area contributed by atoms with E-state index >= 15 is 0 Å². The van der Waals surface area contributed by atoms with Crippen molar-refractivity contribution in [3.63, 3.8) is 0 Å². The maximum absolute atomic E-state index is 12.2. The Balaban J connectivity index is 2.00. The Labute approximate surface area is 101 Å². The van der Waals surface area contributed by atoms with E-state index in [0.29, 0.717) is 6.54 Å². The summed E-state index contributed by atoms with van der Waals surface area (Å²) in [5.41, 5.74) is 0.999. The van der Waals surface area contributed by atoms with E-state index in [-0.39, 0.29) is 6.67 Å². The van der Waals surface area contributed by atoms with Crippen molar-refractivity contribution in [1.82, 2.24) is 14.9 Å². The number of aromatic nitrogens is 2. The second-order valence-corrected chi connectivity index (χ2v) is 4.43. The van der Waals surface area contributed by atoms with Crippen LogP contribution in [0.4, 0.5) is 10.2 Å². The van der Waals surface area contributed by atoms with Crippen molar-refractivity contribution >= 4 is 5.82 Å². The zero-order valence-electron chi connectivity index (χ0n) is 10.5. The van der Waals surface area contributed by atoms with Crippen molar-refractivity contribution in [2.75, 3.05) is 44.3 Å². The fourth-order valence-corrected chi connectivity index (χ4v) is 2.18. The zero-order valence-corrected chi connectivity index (χ0v) is 10.5. The fraction of sp³-hybridized carbons (Fsp3) is 0.667. The standard InChI is InChI=1S/C12H19FN4/c1-10-9-12(15-11(2)14-10)17-7-5-16(4-3-13)6-8-17/h9H,3-8H2,1-2H3/i13-1. The van der Waals surface area contributed by atoms with Crippen LogP contribution in [-0.2, 0) is 0 Å². The molecule has 0 bridgehead atoms. The number of alkyl halides is 1. The molecule has 0 aliphatic carbocycles. The van der Waals surface area contributed by atoms with Crippen molar-refractivity contribution in [2.24, 2.45) is 0 Å². The summed E-state index contributed by atoms with van der Waals surface area (Å²) in [6.07, 6.45) is 0. The molecule has 94 valence electrons. The van der Waals surface area contributed by atoms with Crippen LogP contribution < -0.4 is 4.90 Å². The molecule has 1 fully saturated rings. The molecular formula is C12H19FN4. The minimum atomic E-state index is -0.258. The number of aryl methyl sites for hydroxylation is 2. The number of piperazine rings is 1. The topological polar surface area (TPSA) is 32.3 Å². The molecule has 0 aromatic carbocycles. The molecule has 2 heterocycles. The van der Waals surface area contributed by atoms with E-state index in [9.17, 15) is 4.39 Å². The van der Waals surface area contributed by atoms with Gasteiger partial charge in [-0.2, -0.15) is 0 Å². The Morgan fingerprint density at radius 3 is 2.47 bits per heavy atom. The van der Waals surface area contributed by atoms with Gasteiger partial charge >= 0.3 is 0 Å². The summed E-state index contributed by atoms with van der Waals surface area (Å²) >= 11 is 0. The molecule has 1 aromatic heterocycles. The van der Waals surface area contributed by atoms with Crippen LogP contribution in [0.1, 0.15) is 11.5 Å².